The number of hydrogen-bond acceptors (Lipinski definition) is 3. The molecule has 1 aromatic carbocycles. The van der Waals surface area contributed by atoms with Crippen molar-refractivity contribution in [2.24, 2.45) is 0 Å². The van der Waals surface area contributed by atoms with Crippen LogP contribution in [0.3, 0.4) is 0 Å². The Morgan fingerprint density at radius 3 is 2.89 bits per heavy atom. The van der Waals surface area contributed by atoms with Crippen LogP contribution in [0, 0.1) is 0 Å². The minimum absolute atomic E-state index is 0.0676. The van der Waals surface area contributed by atoms with E-state index >= 15 is 0 Å². The normalized spacial score (nSPS) is 11.0. The van der Waals surface area contributed by atoms with Crippen molar-refractivity contribution in [2.45, 2.75) is 26.3 Å². The number of methoxy groups -OCH3 is 1. The smallest absolute Gasteiger partial charge is 0.178 e. The zero-order chi connectivity index (χ0) is 13.0. The number of para-hydroxylation sites is 2. The fourth-order valence-corrected chi connectivity index (χ4v) is 2.10. The molecule has 4 heteroatoms. The van der Waals surface area contributed by atoms with Gasteiger partial charge in [-0.2, -0.15) is 0 Å². The maximum Gasteiger partial charge on any atom is 0.178 e. The lowest BCUT2D eigenvalue weighted by Crippen LogP contribution is -2.16. The minimum atomic E-state index is 0.0676. The molecule has 0 aliphatic rings. The van der Waals surface area contributed by atoms with Gasteiger partial charge in [0.1, 0.15) is 12.4 Å². The molecule has 4 nitrogen and oxygen atoms in total. The van der Waals surface area contributed by atoms with Crippen LogP contribution in [0.2, 0.25) is 0 Å². The van der Waals surface area contributed by atoms with Crippen molar-refractivity contribution in [1.82, 2.24) is 9.55 Å². The highest BCUT2D eigenvalue weighted by Crippen LogP contribution is 2.17. The van der Waals surface area contributed by atoms with Gasteiger partial charge < -0.3 is 9.30 Å². The highest BCUT2D eigenvalue weighted by Gasteiger charge is 2.12. The van der Waals surface area contributed by atoms with Crippen molar-refractivity contribution in [3.8, 4) is 0 Å². The summed E-state index contributed by atoms with van der Waals surface area (Å²) in [5, 5.41) is 0. The largest absolute Gasteiger partial charge is 0.377 e. The molecule has 0 saturated heterocycles. The maximum atomic E-state index is 11.7. The Kier molecular flexibility index (Phi) is 4.10. The predicted octanol–water partition coefficient (Wildman–Crippen LogP) is 2.20. The van der Waals surface area contributed by atoms with Crippen LogP contribution < -0.4 is 0 Å². The number of Topliss-reactive ketones (excluding diaryl/α,β-unsaturated/α-hetero) is 1. The number of aromatic nitrogens is 2. The Bertz CT molecular complexity index is 546. The number of hydrogen-bond donors (Lipinski definition) is 0. The second-order valence-electron chi connectivity index (χ2n) is 4.32. The molecular formula is C14H18N2O2. The lowest BCUT2D eigenvalue weighted by molar-refractivity contribution is -0.123. The third-order valence-electron chi connectivity index (χ3n) is 2.85. The standard InChI is InChI=1S/C14H18N2O2/c1-3-6-14-15-12-7-4-5-8-13(12)16(14)9-11(17)10-18-2/h4-5,7-8H,3,6,9-10H2,1-2H3. The summed E-state index contributed by atoms with van der Waals surface area (Å²) in [5.41, 5.74) is 1.97. The Labute approximate surface area is 107 Å². The van der Waals surface area contributed by atoms with Crippen molar-refractivity contribution >= 4 is 16.8 Å². The third kappa shape index (κ3) is 2.59. The van der Waals surface area contributed by atoms with Crippen LogP contribution in [0.4, 0.5) is 0 Å². The van der Waals surface area contributed by atoms with E-state index in [2.05, 4.69) is 11.9 Å². The first-order valence-electron chi connectivity index (χ1n) is 6.21. The predicted molar refractivity (Wildman–Crippen MR) is 70.6 cm³/mol. The lowest BCUT2D eigenvalue weighted by Gasteiger charge is -2.07. The van der Waals surface area contributed by atoms with Crippen LogP contribution in [0.5, 0.6) is 0 Å². The fraction of sp³-hybridized carbons (Fsp3) is 0.429. The zero-order valence-electron chi connectivity index (χ0n) is 10.8. The third-order valence-corrected chi connectivity index (χ3v) is 2.85. The maximum absolute atomic E-state index is 11.7. The van der Waals surface area contributed by atoms with Gasteiger partial charge in [0.25, 0.3) is 0 Å². The van der Waals surface area contributed by atoms with E-state index in [1.807, 2.05) is 28.8 Å². The molecule has 96 valence electrons. The van der Waals surface area contributed by atoms with Gasteiger partial charge >= 0.3 is 0 Å². The van der Waals surface area contributed by atoms with Gasteiger partial charge in [0.15, 0.2) is 5.78 Å². The van der Waals surface area contributed by atoms with E-state index in [9.17, 15) is 4.79 Å². The summed E-state index contributed by atoms with van der Waals surface area (Å²) in [5.74, 6) is 1.04. The highest BCUT2D eigenvalue weighted by molar-refractivity contribution is 5.83. The first-order valence-corrected chi connectivity index (χ1v) is 6.21. The molecule has 0 radical (unpaired) electrons. The summed E-state index contributed by atoms with van der Waals surface area (Å²) in [6.45, 7) is 2.60. The Balaban J connectivity index is 2.38. The summed E-state index contributed by atoms with van der Waals surface area (Å²) in [7, 11) is 1.54. The SMILES string of the molecule is CCCc1nc2ccccc2n1CC(=O)COC. The zero-order valence-corrected chi connectivity index (χ0v) is 10.8. The van der Waals surface area contributed by atoms with Gasteiger partial charge in [-0.25, -0.2) is 4.98 Å². The molecule has 0 saturated carbocycles. The summed E-state index contributed by atoms with van der Waals surface area (Å²) in [4.78, 5) is 16.3. The molecule has 0 amide bonds. The molecule has 0 N–H and O–H groups in total. The molecule has 0 fully saturated rings. The number of carbonyl (C=O) groups is 1. The second kappa shape index (κ2) is 5.78. The number of ether oxygens (including phenoxy) is 1. The van der Waals surface area contributed by atoms with Crippen molar-refractivity contribution in [3.05, 3.63) is 30.1 Å². The van der Waals surface area contributed by atoms with E-state index in [1.165, 1.54) is 7.11 Å². The van der Waals surface area contributed by atoms with Gasteiger partial charge in [-0.15, -0.1) is 0 Å². The highest BCUT2D eigenvalue weighted by atomic mass is 16.5. The quantitative estimate of drug-likeness (QED) is 0.785. The first-order chi connectivity index (χ1) is 8.76. The Morgan fingerprint density at radius 1 is 1.39 bits per heavy atom. The van der Waals surface area contributed by atoms with E-state index in [-0.39, 0.29) is 12.4 Å². The van der Waals surface area contributed by atoms with Gasteiger partial charge in [-0.3, -0.25) is 4.79 Å². The lowest BCUT2D eigenvalue weighted by atomic mass is 10.3. The molecule has 0 bridgehead atoms. The van der Waals surface area contributed by atoms with Crippen molar-refractivity contribution in [1.29, 1.82) is 0 Å². The van der Waals surface area contributed by atoms with Crippen LogP contribution in [-0.2, 0) is 22.5 Å². The van der Waals surface area contributed by atoms with Gasteiger partial charge in [-0.1, -0.05) is 19.1 Å². The Hall–Kier alpha value is -1.68. The van der Waals surface area contributed by atoms with Crippen molar-refractivity contribution in [3.63, 3.8) is 0 Å². The molecule has 0 aliphatic heterocycles. The first kappa shape index (κ1) is 12.8. The van der Waals surface area contributed by atoms with E-state index in [1.54, 1.807) is 0 Å². The van der Waals surface area contributed by atoms with Gasteiger partial charge in [-0.05, 0) is 18.6 Å². The summed E-state index contributed by atoms with van der Waals surface area (Å²) in [6.07, 6.45) is 1.90. The molecule has 0 atom stereocenters. The molecule has 0 spiro atoms. The number of ketones is 1. The van der Waals surface area contributed by atoms with E-state index in [0.717, 1.165) is 29.7 Å². The van der Waals surface area contributed by atoms with Crippen molar-refractivity contribution in [2.75, 3.05) is 13.7 Å². The number of carbonyl (C=O) groups excluding carboxylic acids is 1. The number of fused-ring (bicyclic) bond motifs is 1. The average molecular weight is 246 g/mol. The number of benzene rings is 1. The summed E-state index contributed by atoms with van der Waals surface area (Å²) >= 11 is 0. The molecule has 1 heterocycles. The topological polar surface area (TPSA) is 44.1 Å². The molecule has 1 aromatic heterocycles. The van der Waals surface area contributed by atoms with Gasteiger partial charge in [0.05, 0.1) is 17.6 Å². The molecule has 0 aliphatic carbocycles. The Morgan fingerprint density at radius 2 is 2.17 bits per heavy atom. The fourth-order valence-electron chi connectivity index (χ4n) is 2.10. The number of aryl methyl sites for hydroxylation is 1. The van der Waals surface area contributed by atoms with Crippen molar-refractivity contribution < 1.29 is 9.53 Å². The minimum Gasteiger partial charge on any atom is -0.377 e. The van der Waals surface area contributed by atoms with Crippen LogP contribution in [-0.4, -0.2) is 29.1 Å². The van der Waals surface area contributed by atoms with Gasteiger partial charge in [0.2, 0.25) is 0 Å². The van der Waals surface area contributed by atoms with Crippen LogP contribution in [0.1, 0.15) is 19.2 Å². The second-order valence-corrected chi connectivity index (χ2v) is 4.32. The van der Waals surface area contributed by atoms with Crippen LogP contribution >= 0.6 is 0 Å². The van der Waals surface area contributed by atoms with E-state index < -0.39 is 0 Å². The van der Waals surface area contributed by atoms with Crippen LogP contribution in [0.15, 0.2) is 24.3 Å². The number of imidazole rings is 1. The molecule has 2 rings (SSSR count). The van der Waals surface area contributed by atoms with Gasteiger partial charge in [0, 0.05) is 13.5 Å². The molecule has 18 heavy (non-hydrogen) atoms. The van der Waals surface area contributed by atoms with E-state index in [0.29, 0.717) is 6.54 Å². The molecule has 0 unspecified atom stereocenters. The summed E-state index contributed by atoms with van der Waals surface area (Å²) < 4.78 is 6.88. The number of nitrogens with zero attached hydrogens (tertiary/aromatic N) is 2. The van der Waals surface area contributed by atoms with E-state index in [4.69, 9.17) is 4.74 Å². The molecular weight excluding hydrogens is 228 g/mol. The monoisotopic (exact) mass is 246 g/mol. The number of rotatable bonds is 6. The molecule has 2 aromatic rings. The summed E-state index contributed by atoms with van der Waals surface area (Å²) in [6, 6.07) is 7.91. The average Bonchev–Trinajstić information content (AvgIpc) is 2.69. The van der Waals surface area contributed by atoms with Crippen LogP contribution in [0.25, 0.3) is 11.0 Å².